The Bertz CT molecular complexity index is 1250. The van der Waals surface area contributed by atoms with Crippen LogP contribution in [0.15, 0.2) is 40.9 Å². The quantitative estimate of drug-likeness (QED) is 0.402. The Morgan fingerprint density at radius 1 is 1.27 bits per heavy atom. The number of hydrogen-bond donors (Lipinski definition) is 1. The highest BCUT2D eigenvalue weighted by Gasteiger charge is 2.25. The van der Waals surface area contributed by atoms with E-state index in [1.165, 1.54) is 0 Å². The molecule has 0 fully saturated rings. The van der Waals surface area contributed by atoms with Gasteiger partial charge < -0.3 is 24.3 Å². The van der Waals surface area contributed by atoms with Crippen molar-refractivity contribution in [2.45, 2.75) is 46.6 Å². The van der Waals surface area contributed by atoms with Crippen LogP contribution in [0.5, 0.6) is 5.75 Å². The normalized spacial score (nSPS) is 12.8. The molecule has 0 atom stereocenters. The molecule has 2 aromatic heterocycles. The van der Waals surface area contributed by atoms with Crippen molar-refractivity contribution >= 4 is 17.5 Å². The molecule has 0 saturated carbocycles. The van der Waals surface area contributed by atoms with Crippen molar-refractivity contribution in [3.63, 3.8) is 0 Å². The van der Waals surface area contributed by atoms with Gasteiger partial charge >= 0.3 is 0 Å². The molecule has 9 nitrogen and oxygen atoms in total. The SMILES string of the molecule is CCCN(CC)CCOc1ccc(Nc2ncc(C)c(-c3cc4c(o3)CCN(C(=O)CC#N)C4)n2)cc1. The van der Waals surface area contributed by atoms with Crippen molar-refractivity contribution in [3.8, 4) is 23.3 Å². The van der Waals surface area contributed by atoms with Crippen LogP contribution in [0.4, 0.5) is 11.6 Å². The number of carbonyl (C=O) groups is 1. The molecule has 0 saturated heterocycles. The maximum atomic E-state index is 12.1. The minimum absolute atomic E-state index is 0.108. The zero-order valence-corrected chi connectivity index (χ0v) is 21.8. The van der Waals surface area contributed by atoms with Crippen molar-refractivity contribution in [1.29, 1.82) is 5.26 Å². The van der Waals surface area contributed by atoms with E-state index in [9.17, 15) is 4.79 Å². The first-order valence-corrected chi connectivity index (χ1v) is 12.8. The molecule has 3 heterocycles. The number of anilines is 2. The molecule has 1 aromatic carbocycles. The molecule has 9 heteroatoms. The molecule has 1 aliphatic heterocycles. The number of likely N-dealkylation sites (N-methyl/N-ethyl adjacent to an activating group) is 1. The molecule has 0 bridgehead atoms. The topological polar surface area (TPSA) is 108 Å². The Kier molecular flexibility index (Phi) is 8.75. The summed E-state index contributed by atoms with van der Waals surface area (Å²) in [5.74, 6) is 2.64. The van der Waals surface area contributed by atoms with Gasteiger partial charge in [0, 0.05) is 43.5 Å². The van der Waals surface area contributed by atoms with Crippen LogP contribution in [0.1, 0.15) is 43.6 Å². The molecule has 37 heavy (non-hydrogen) atoms. The van der Waals surface area contributed by atoms with Crippen LogP contribution in [-0.4, -0.2) is 58.5 Å². The lowest BCUT2D eigenvalue weighted by molar-refractivity contribution is -0.131. The van der Waals surface area contributed by atoms with Gasteiger partial charge in [-0.1, -0.05) is 13.8 Å². The Morgan fingerprint density at radius 3 is 2.81 bits per heavy atom. The first-order valence-electron chi connectivity index (χ1n) is 12.8. The molecule has 1 N–H and O–H groups in total. The Morgan fingerprint density at radius 2 is 2.08 bits per heavy atom. The smallest absolute Gasteiger partial charge is 0.237 e. The van der Waals surface area contributed by atoms with Gasteiger partial charge in [-0.15, -0.1) is 0 Å². The average molecular weight is 503 g/mol. The van der Waals surface area contributed by atoms with E-state index in [1.54, 1.807) is 11.1 Å². The number of amides is 1. The lowest BCUT2D eigenvalue weighted by Gasteiger charge is -2.25. The van der Waals surface area contributed by atoms with Crippen molar-refractivity contribution in [2.24, 2.45) is 0 Å². The van der Waals surface area contributed by atoms with Gasteiger partial charge in [-0.25, -0.2) is 9.97 Å². The zero-order chi connectivity index (χ0) is 26.2. The summed E-state index contributed by atoms with van der Waals surface area (Å²) < 4.78 is 12.0. The number of aromatic nitrogens is 2. The van der Waals surface area contributed by atoms with Gasteiger partial charge in [-0.05, 0) is 62.3 Å². The predicted octanol–water partition coefficient (Wildman–Crippen LogP) is 4.70. The summed E-state index contributed by atoms with van der Waals surface area (Å²) in [6.45, 7) is 11.0. The molecule has 4 rings (SSSR count). The third kappa shape index (κ3) is 6.66. The molecule has 194 valence electrons. The Hall–Kier alpha value is -3.90. The third-order valence-electron chi connectivity index (χ3n) is 6.43. The van der Waals surface area contributed by atoms with E-state index in [0.29, 0.717) is 43.5 Å². The van der Waals surface area contributed by atoms with E-state index in [2.05, 4.69) is 29.0 Å². The summed E-state index contributed by atoms with van der Waals surface area (Å²) in [5, 5.41) is 12.1. The first kappa shape index (κ1) is 26.2. The van der Waals surface area contributed by atoms with Crippen LogP contribution in [0, 0.1) is 18.3 Å². The zero-order valence-electron chi connectivity index (χ0n) is 21.8. The molecular formula is C28H34N6O3. The van der Waals surface area contributed by atoms with E-state index in [4.69, 9.17) is 19.4 Å². The van der Waals surface area contributed by atoms with Crippen LogP contribution in [0.25, 0.3) is 11.5 Å². The number of aryl methyl sites for hydroxylation is 1. The van der Waals surface area contributed by atoms with Gasteiger partial charge in [0.1, 0.15) is 30.2 Å². The van der Waals surface area contributed by atoms with E-state index < -0.39 is 0 Å². The number of ether oxygens (including phenoxy) is 1. The molecule has 0 unspecified atom stereocenters. The second-order valence-electron chi connectivity index (χ2n) is 9.12. The number of hydrogen-bond acceptors (Lipinski definition) is 8. The van der Waals surface area contributed by atoms with Crippen LogP contribution in [0.2, 0.25) is 0 Å². The first-order chi connectivity index (χ1) is 18.0. The Balaban J connectivity index is 1.40. The summed E-state index contributed by atoms with van der Waals surface area (Å²) in [6, 6.07) is 11.6. The maximum absolute atomic E-state index is 12.1. The molecule has 0 aliphatic carbocycles. The summed E-state index contributed by atoms with van der Waals surface area (Å²) in [6.07, 6.45) is 3.42. The molecular weight excluding hydrogens is 468 g/mol. The second-order valence-corrected chi connectivity index (χ2v) is 9.12. The Labute approximate surface area is 218 Å². The summed E-state index contributed by atoms with van der Waals surface area (Å²) in [5.41, 5.74) is 3.40. The lowest BCUT2D eigenvalue weighted by Crippen LogP contribution is -2.35. The predicted molar refractivity (Wildman–Crippen MR) is 141 cm³/mol. The van der Waals surface area contributed by atoms with Gasteiger partial charge in [0.2, 0.25) is 11.9 Å². The third-order valence-corrected chi connectivity index (χ3v) is 6.43. The lowest BCUT2D eigenvalue weighted by atomic mass is 10.1. The van der Waals surface area contributed by atoms with Crippen molar-refractivity contribution in [2.75, 3.05) is 38.1 Å². The minimum Gasteiger partial charge on any atom is -0.492 e. The van der Waals surface area contributed by atoms with Gasteiger partial charge in [0.25, 0.3) is 0 Å². The standard InChI is InChI=1S/C28H34N6O3/c1-4-13-33(5-2)15-16-36-23-8-6-22(7-9-23)31-28-30-18-20(3)27(32-28)25-17-21-19-34(26(35)10-12-29)14-11-24(21)37-25/h6-9,17-18H,4-5,10-11,13-16,19H2,1-3H3,(H,30,31,32). The second kappa shape index (κ2) is 12.4. The van der Waals surface area contributed by atoms with Gasteiger partial charge in [-0.2, -0.15) is 5.26 Å². The molecule has 0 spiro atoms. The maximum Gasteiger partial charge on any atom is 0.237 e. The largest absolute Gasteiger partial charge is 0.492 e. The fourth-order valence-corrected chi connectivity index (χ4v) is 4.39. The number of nitrogens with zero attached hydrogens (tertiary/aromatic N) is 5. The fourth-order valence-electron chi connectivity index (χ4n) is 4.39. The van der Waals surface area contributed by atoms with Crippen LogP contribution in [-0.2, 0) is 17.8 Å². The highest BCUT2D eigenvalue weighted by molar-refractivity contribution is 5.78. The molecule has 0 radical (unpaired) electrons. The number of benzene rings is 1. The summed E-state index contributed by atoms with van der Waals surface area (Å²) in [4.78, 5) is 25.3. The minimum atomic E-state index is -0.156. The van der Waals surface area contributed by atoms with Gasteiger partial charge in [0.15, 0.2) is 5.76 Å². The van der Waals surface area contributed by atoms with E-state index in [-0.39, 0.29) is 12.3 Å². The number of furan rings is 1. The number of fused-ring (bicyclic) bond motifs is 1. The highest BCUT2D eigenvalue weighted by atomic mass is 16.5. The number of rotatable bonds is 11. The highest BCUT2D eigenvalue weighted by Crippen LogP contribution is 2.31. The number of nitriles is 1. The summed E-state index contributed by atoms with van der Waals surface area (Å²) >= 11 is 0. The van der Waals surface area contributed by atoms with E-state index in [1.807, 2.05) is 43.3 Å². The molecule has 3 aromatic rings. The van der Waals surface area contributed by atoms with Crippen molar-refractivity contribution < 1.29 is 13.9 Å². The number of nitrogens with one attached hydrogen (secondary N) is 1. The molecule has 1 aliphatic rings. The monoisotopic (exact) mass is 502 g/mol. The average Bonchev–Trinajstić information content (AvgIpc) is 3.33. The summed E-state index contributed by atoms with van der Waals surface area (Å²) in [7, 11) is 0. The number of carbonyl (C=O) groups excluding carboxylic acids is 1. The fraction of sp³-hybridized carbons (Fsp3) is 0.429. The van der Waals surface area contributed by atoms with Crippen LogP contribution in [0.3, 0.4) is 0 Å². The van der Waals surface area contributed by atoms with E-state index >= 15 is 0 Å². The van der Waals surface area contributed by atoms with Crippen LogP contribution < -0.4 is 10.1 Å². The van der Waals surface area contributed by atoms with E-state index in [0.717, 1.165) is 54.4 Å². The molecule has 1 amide bonds. The van der Waals surface area contributed by atoms with Gasteiger partial charge in [-0.3, -0.25) is 4.79 Å². The van der Waals surface area contributed by atoms with Gasteiger partial charge in [0.05, 0.1) is 6.07 Å². The van der Waals surface area contributed by atoms with Crippen LogP contribution >= 0.6 is 0 Å². The van der Waals surface area contributed by atoms with Crippen molar-refractivity contribution in [1.82, 2.24) is 19.8 Å². The van der Waals surface area contributed by atoms with Crippen molar-refractivity contribution in [3.05, 3.63) is 53.4 Å².